The molecule has 0 N–H and O–H groups in total. The highest BCUT2D eigenvalue weighted by Crippen LogP contribution is 2.41. The number of hydroxylamine groups is 2. The van der Waals surface area contributed by atoms with Gasteiger partial charge in [-0.05, 0) is 64.7 Å². The minimum Gasteiger partial charge on any atom is -0.273 e. The lowest BCUT2D eigenvalue weighted by Gasteiger charge is -2.38. The predicted octanol–water partition coefficient (Wildman–Crippen LogP) is 8.40. The third kappa shape index (κ3) is 9.67. The van der Waals surface area contributed by atoms with Crippen molar-refractivity contribution >= 4 is 17.7 Å². The lowest BCUT2D eigenvalue weighted by molar-refractivity contribution is -0.208. The summed E-state index contributed by atoms with van der Waals surface area (Å²) in [5.74, 6) is 4.77. The Morgan fingerprint density at radius 1 is 1.32 bits per heavy atom. The molecule has 4 heteroatoms. The summed E-state index contributed by atoms with van der Waals surface area (Å²) < 4.78 is 0. The highest BCUT2D eigenvalue weighted by atomic mass is 32.2. The van der Waals surface area contributed by atoms with Gasteiger partial charge in [-0.3, -0.25) is 9.63 Å². The largest absolute Gasteiger partial charge is 0.273 e. The van der Waals surface area contributed by atoms with Gasteiger partial charge in [-0.1, -0.05) is 80.0 Å². The average molecular weight is 488 g/mol. The van der Waals surface area contributed by atoms with E-state index in [1.165, 1.54) is 10.5 Å². The van der Waals surface area contributed by atoms with E-state index in [0.29, 0.717) is 43.1 Å². The van der Waals surface area contributed by atoms with E-state index in [4.69, 9.17) is 11.3 Å². The number of rotatable bonds is 15. The highest BCUT2D eigenvalue weighted by Gasteiger charge is 2.34. The van der Waals surface area contributed by atoms with Crippen LogP contribution in [-0.4, -0.2) is 23.6 Å². The molecule has 1 heterocycles. The summed E-state index contributed by atoms with van der Waals surface area (Å²) in [7, 11) is 0. The van der Waals surface area contributed by atoms with Crippen molar-refractivity contribution in [1.29, 1.82) is 0 Å². The average Bonchev–Trinajstić information content (AvgIpc) is 3.00. The number of terminal acetylenes is 1. The van der Waals surface area contributed by atoms with Crippen molar-refractivity contribution in [3.8, 4) is 12.3 Å². The molecule has 0 aromatic carbocycles. The van der Waals surface area contributed by atoms with E-state index in [9.17, 15) is 4.79 Å². The van der Waals surface area contributed by atoms with Gasteiger partial charge in [0, 0.05) is 12.8 Å². The molecule has 0 saturated heterocycles. The molecule has 1 amide bonds. The van der Waals surface area contributed by atoms with Gasteiger partial charge in [0.2, 0.25) is 5.91 Å². The minimum atomic E-state index is 0.0198. The number of carbonyl (C=O) groups is 1. The first-order valence-corrected chi connectivity index (χ1v) is 14.1. The van der Waals surface area contributed by atoms with E-state index in [0.717, 1.165) is 32.1 Å². The molecule has 1 aliphatic rings. The van der Waals surface area contributed by atoms with E-state index in [2.05, 4.69) is 72.4 Å². The maximum absolute atomic E-state index is 13.4. The van der Waals surface area contributed by atoms with Crippen LogP contribution in [0.15, 0.2) is 34.6 Å². The molecule has 0 aliphatic carbocycles. The Balaban J connectivity index is 3.24. The van der Waals surface area contributed by atoms with Gasteiger partial charge in [-0.15, -0.1) is 24.1 Å². The molecule has 0 aromatic heterocycles. The topological polar surface area (TPSA) is 29.5 Å². The smallest absolute Gasteiger partial charge is 0.246 e. The van der Waals surface area contributed by atoms with Crippen molar-refractivity contribution in [3.63, 3.8) is 0 Å². The van der Waals surface area contributed by atoms with E-state index in [-0.39, 0.29) is 17.9 Å². The molecular formula is C30H49NO2S. The molecule has 0 aromatic rings. The Morgan fingerprint density at radius 2 is 2.03 bits per heavy atom. The normalized spacial score (nSPS) is 19.8. The highest BCUT2D eigenvalue weighted by molar-refractivity contribution is 8.05. The molecule has 5 atom stereocenters. The van der Waals surface area contributed by atoms with E-state index in [1.54, 1.807) is 5.06 Å². The van der Waals surface area contributed by atoms with Crippen LogP contribution in [0.5, 0.6) is 0 Å². The van der Waals surface area contributed by atoms with E-state index < -0.39 is 0 Å². The molecule has 4 unspecified atom stereocenters. The second kappa shape index (κ2) is 16.3. The van der Waals surface area contributed by atoms with Gasteiger partial charge in [0.15, 0.2) is 0 Å². The number of unbranched alkanes of at least 4 members (excludes halogenated alkanes) is 1. The molecule has 1 aliphatic heterocycles. The van der Waals surface area contributed by atoms with Crippen LogP contribution in [0.25, 0.3) is 0 Å². The number of amides is 1. The van der Waals surface area contributed by atoms with Crippen LogP contribution in [0.2, 0.25) is 0 Å². The molecule has 3 nitrogen and oxygen atoms in total. The Hall–Kier alpha value is -1.44. The maximum atomic E-state index is 13.4. The fourth-order valence-corrected chi connectivity index (χ4v) is 5.55. The molecule has 192 valence electrons. The third-order valence-corrected chi connectivity index (χ3v) is 8.36. The van der Waals surface area contributed by atoms with Crippen molar-refractivity contribution in [2.24, 2.45) is 29.6 Å². The van der Waals surface area contributed by atoms with Crippen molar-refractivity contribution in [2.45, 2.75) is 99.5 Å². The Kier molecular flexibility index (Phi) is 14.6. The molecule has 0 bridgehead atoms. The van der Waals surface area contributed by atoms with Crippen LogP contribution in [0.4, 0.5) is 0 Å². The standard InChI is InChI=1S/C30H49NO2S/c1-10-14-15-18-33-31(30(32)19-23(7)11-2)28(22(5)6)20-27(24(8)12-3)29-17-16-25(9)26(13-4)21-34-29/h1,13,17,21-25,27-28H,4,11-12,14-16,18-20H2,2-3,5-9H3/t23-,24?,25?,27?,28?/m0/s1. The summed E-state index contributed by atoms with van der Waals surface area (Å²) in [5.41, 5.74) is 1.31. The zero-order chi connectivity index (χ0) is 25.7. The lowest BCUT2D eigenvalue weighted by atomic mass is 9.82. The van der Waals surface area contributed by atoms with Gasteiger partial charge in [0.05, 0.1) is 12.6 Å². The van der Waals surface area contributed by atoms with E-state index in [1.807, 2.05) is 17.8 Å². The van der Waals surface area contributed by atoms with Crippen LogP contribution in [0, 0.1) is 41.9 Å². The van der Waals surface area contributed by atoms with Gasteiger partial charge >= 0.3 is 0 Å². The summed E-state index contributed by atoms with van der Waals surface area (Å²) in [6.45, 7) is 20.0. The second-order valence-corrected chi connectivity index (χ2v) is 11.2. The predicted molar refractivity (Wildman–Crippen MR) is 149 cm³/mol. The molecule has 1 rings (SSSR count). The number of carbonyl (C=O) groups excluding carboxylic acids is 1. The van der Waals surface area contributed by atoms with Crippen LogP contribution < -0.4 is 0 Å². The second-order valence-electron chi connectivity index (χ2n) is 10.3. The van der Waals surface area contributed by atoms with Crippen LogP contribution in [0.3, 0.4) is 0 Å². The lowest BCUT2D eigenvalue weighted by Crippen LogP contribution is -2.45. The third-order valence-electron chi connectivity index (χ3n) is 7.23. The SMILES string of the molecule is C#CCCCON(C(=O)C[C@@H](C)CC)C(CC(C1=CCC(C)C(C=C)=CS1)C(C)CC)C(C)C. The zero-order valence-electron chi connectivity index (χ0n) is 22.8. The Bertz CT molecular complexity index is 733. The minimum absolute atomic E-state index is 0.0198. The molecule has 0 saturated carbocycles. The van der Waals surface area contributed by atoms with Crippen molar-refractivity contribution in [3.05, 3.63) is 34.6 Å². The Morgan fingerprint density at radius 3 is 2.59 bits per heavy atom. The van der Waals surface area contributed by atoms with Gasteiger partial charge in [0.1, 0.15) is 0 Å². The first kappa shape index (κ1) is 30.6. The summed E-state index contributed by atoms with van der Waals surface area (Å²) >= 11 is 1.85. The maximum Gasteiger partial charge on any atom is 0.246 e. The number of nitrogens with zero attached hydrogens (tertiary/aromatic N) is 1. The molecule has 0 radical (unpaired) electrons. The molecule has 0 fully saturated rings. The summed E-state index contributed by atoms with van der Waals surface area (Å²) in [6.07, 6.45) is 15.8. The van der Waals surface area contributed by atoms with E-state index >= 15 is 0 Å². The Labute approximate surface area is 214 Å². The van der Waals surface area contributed by atoms with Crippen LogP contribution >= 0.6 is 11.8 Å². The van der Waals surface area contributed by atoms with Gasteiger partial charge in [0.25, 0.3) is 0 Å². The first-order valence-electron chi connectivity index (χ1n) is 13.3. The van der Waals surface area contributed by atoms with Crippen LogP contribution in [0.1, 0.15) is 93.4 Å². The van der Waals surface area contributed by atoms with Crippen molar-refractivity contribution < 1.29 is 9.63 Å². The van der Waals surface area contributed by atoms with Crippen molar-refractivity contribution in [2.75, 3.05) is 6.61 Å². The summed E-state index contributed by atoms with van der Waals surface area (Å²) in [5, 5.41) is 4.01. The molecule has 34 heavy (non-hydrogen) atoms. The monoisotopic (exact) mass is 487 g/mol. The number of hydrogen-bond acceptors (Lipinski definition) is 3. The fraction of sp³-hybridized carbons (Fsp3) is 0.700. The number of allylic oxidation sites excluding steroid dienone is 4. The first-order chi connectivity index (χ1) is 16.2. The summed E-state index contributed by atoms with van der Waals surface area (Å²) in [6, 6.07) is 0.0198. The summed E-state index contributed by atoms with van der Waals surface area (Å²) in [4.78, 5) is 21.0. The molecular weight excluding hydrogens is 438 g/mol. The number of hydrogen-bond donors (Lipinski definition) is 0. The fourth-order valence-electron chi connectivity index (χ4n) is 4.25. The van der Waals surface area contributed by atoms with Gasteiger partial charge < -0.3 is 0 Å². The van der Waals surface area contributed by atoms with Gasteiger partial charge in [-0.2, -0.15) is 0 Å². The quantitative estimate of drug-likeness (QED) is 0.132. The molecule has 0 spiro atoms. The van der Waals surface area contributed by atoms with Crippen molar-refractivity contribution in [1.82, 2.24) is 5.06 Å². The number of thioether (sulfide) groups is 1. The zero-order valence-corrected chi connectivity index (χ0v) is 23.6. The van der Waals surface area contributed by atoms with Crippen LogP contribution in [-0.2, 0) is 9.63 Å². The van der Waals surface area contributed by atoms with Gasteiger partial charge in [-0.25, -0.2) is 5.06 Å².